The van der Waals surface area contributed by atoms with E-state index in [9.17, 15) is 10.0 Å². The van der Waals surface area contributed by atoms with E-state index in [1.165, 1.54) is 21.3 Å². The number of carbonyl (C=O) groups is 1. The number of nitrogens with zero attached hydrogens (tertiary/aromatic N) is 1. The fraction of sp³-hybridized carbons (Fsp3) is 0.375. The quantitative estimate of drug-likeness (QED) is 0.450. The van der Waals surface area contributed by atoms with Crippen molar-refractivity contribution in [2.24, 2.45) is 5.16 Å². The molecule has 1 heterocycles. The zero-order valence-corrected chi connectivity index (χ0v) is 15.0. The molecule has 1 aliphatic heterocycles. The molecule has 1 unspecified atom stereocenters. The minimum Gasteiger partial charge on any atom is -0.493 e. The van der Waals surface area contributed by atoms with Gasteiger partial charge in [0.05, 0.1) is 38.9 Å². The molecule has 0 amide bonds. The highest BCUT2D eigenvalue weighted by atomic mass is 35.5. The van der Waals surface area contributed by atoms with Gasteiger partial charge in [-0.15, -0.1) is 0 Å². The fourth-order valence-electron chi connectivity index (χ4n) is 2.59. The number of methoxy groups -OCH3 is 3. The van der Waals surface area contributed by atoms with Gasteiger partial charge in [-0.25, -0.2) is 4.79 Å². The molecular weight excluding hydrogens is 352 g/mol. The number of carbonyl (C=O) groups excluding carboxylic acids is 1. The Hall–Kier alpha value is -2.61. The minimum atomic E-state index is -0.749. The molecule has 0 aromatic heterocycles. The fourth-order valence-corrected chi connectivity index (χ4v) is 2.94. The van der Waals surface area contributed by atoms with Crippen LogP contribution in [0.1, 0.15) is 18.4 Å². The van der Waals surface area contributed by atoms with Gasteiger partial charge in [-0.05, 0) is 13.0 Å². The lowest BCUT2D eigenvalue weighted by Crippen LogP contribution is -2.25. The lowest BCUT2D eigenvalue weighted by Gasteiger charge is -2.19. The molecule has 0 fully saturated rings. The normalized spacial score (nSPS) is 18.1. The van der Waals surface area contributed by atoms with Crippen LogP contribution < -0.4 is 19.5 Å². The summed E-state index contributed by atoms with van der Waals surface area (Å²) in [5.74, 6) is -0.163. The molecule has 0 spiro atoms. The van der Waals surface area contributed by atoms with Crippen molar-refractivity contribution in [3.05, 3.63) is 28.4 Å². The summed E-state index contributed by atoms with van der Waals surface area (Å²) >= 11 is 6.38. The summed E-state index contributed by atoms with van der Waals surface area (Å²) in [5.41, 5.74) is 0.544. The van der Waals surface area contributed by atoms with Gasteiger partial charge in [-0.3, -0.25) is 0 Å². The Morgan fingerprint density at radius 2 is 1.92 bits per heavy atom. The van der Waals surface area contributed by atoms with Gasteiger partial charge in [0.25, 0.3) is 0 Å². The number of hydrogen-bond acceptors (Lipinski definition) is 7. The molecule has 0 radical (unpaired) electrons. The van der Waals surface area contributed by atoms with Gasteiger partial charge in [0.1, 0.15) is 5.70 Å². The van der Waals surface area contributed by atoms with Crippen molar-refractivity contribution >= 4 is 23.4 Å². The van der Waals surface area contributed by atoms with Crippen LogP contribution in [0.15, 0.2) is 28.0 Å². The Morgan fingerprint density at radius 1 is 1.24 bits per heavy atom. The first-order valence-electron chi connectivity index (χ1n) is 7.38. The molecule has 0 saturated carbocycles. The van der Waals surface area contributed by atoms with Crippen LogP contribution in [0.25, 0.3) is 0 Å². The van der Waals surface area contributed by atoms with Crippen LogP contribution >= 0.6 is 11.6 Å². The Kier molecular flexibility index (Phi) is 5.97. The van der Waals surface area contributed by atoms with E-state index in [4.69, 9.17) is 30.5 Å². The zero-order chi connectivity index (χ0) is 18.6. The number of rotatable bonds is 6. The van der Waals surface area contributed by atoms with E-state index in [1.807, 2.05) is 0 Å². The predicted octanol–water partition coefficient (Wildman–Crippen LogP) is 2.20. The van der Waals surface area contributed by atoms with Crippen molar-refractivity contribution in [1.29, 1.82) is 0 Å². The third-order valence-electron chi connectivity index (χ3n) is 3.65. The molecule has 1 atom stereocenters. The molecule has 1 aromatic carbocycles. The number of esters is 1. The van der Waals surface area contributed by atoms with Crippen LogP contribution in [0, 0.1) is 0 Å². The van der Waals surface area contributed by atoms with Gasteiger partial charge in [0, 0.05) is 5.56 Å². The smallest absolute Gasteiger partial charge is 0.356 e. The van der Waals surface area contributed by atoms with E-state index in [0.29, 0.717) is 22.8 Å². The van der Waals surface area contributed by atoms with Crippen molar-refractivity contribution in [2.45, 2.75) is 12.8 Å². The highest BCUT2D eigenvalue weighted by molar-refractivity contribution is 6.36. The topological polar surface area (TPSA) is 98.6 Å². The van der Waals surface area contributed by atoms with Crippen molar-refractivity contribution in [1.82, 2.24) is 5.32 Å². The highest BCUT2D eigenvalue weighted by Crippen LogP contribution is 2.46. The van der Waals surface area contributed by atoms with Crippen LogP contribution in [0.3, 0.4) is 0 Å². The van der Waals surface area contributed by atoms with E-state index in [-0.39, 0.29) is 23.2 Å². The molecule has 0 saturated heterocycles. The molecule has 0 aliphatic carbocycles. The maximum atomic E-state index is 12.0. The van der Waals surface area contributed by atoms with Crippen molar-refractivity contribution in [2.75, 3.05) is 27.9 Å². The van der Waals surface area contributed by atoms with Crippen molar-refractivity contribution in [3.63, 3.8) is 0 Å². The first kappa shape index (κ1) is 18.7. The van der Waals surface area contributed by atoms with Crippen LogP contribution in [0.5, 0.6) is 17.2 Å². The van der Waals surface area contributed by atoms with Gasteiger partial charge < -0.3 is 29.5 Å². The zero-order valence-electron chi connectivity index (χ0n) is 14.3. The molecular formula is C16H19ClN2O6. The largest absolute Gasteiger partial charge is 0.493 e. The lowest BCUT2D eigenvalue weighted by molar-refractivity contribution is -0.138. The molecule has 8 nitrogen and oxygen atoms in total. The summed E-state index contributed by atoms with van der Waals surface area (Å²) < 4.78 is 21.0. The molecule has 136 valence electrons. The molecule has 25 heavy (non-hydrogen) atoms. The summed E-state index contributed by atoms with van der Waals surface area (Å²) in [5, 5.41) is 15.3. The third-order valence-corrected chi connectivity index (χ3v) is 4.06. The number of nitrogens with one attached hydrogen (secondary N) is 1. The molecule has 9 heteroatoms. The first-order chi connectivity index (χ1) is 12.0. The van der Waals surface area contributed by atoms with E-state index in [1.54, 1.807) is 19.1 Å². The summed E-state index contributed by atoms with van der Waals surface area (Å²) in [4.78, 5) is 12.0. The van der Waals surface area contributed by atoms with E-state index in [0.717, 1.165) is 0 Å². The average Bonchev–Trinajstić information content (AvgIpc) is 2.96. The van der Waals surface area contributed by atoms with Crippen LogP contribution in [-0.4, -0.2) is 44.9 Å². The van der Waals surface area contributed by atoms with Crippen molar-refractivity contribution in [3.8, 4) is 17.2 Å². The number of benzene rings is 1. The summed E-state index contributed by atoms with van der Waals surface area (Å²) in [6, 6.07) is 3.35. The number of halogens is 1. The Labute approximate surface area is 149 Å². The molecule has 1 aromatic rings. The second-order valence-corrected chi connectivity index (χ2v) is 5.32. The van der Waals surface area contributed by atoms with Crippen LogP contribution in [0.2, 0.25) is 0 Å². The maximum Gasteiger partial charge on any atom is 0.356 e. The molecule has 1 aliphatic rings. The highest BCUT2D eigenvalue weighted by Gasteiger charge is 2.38. The standard InChI is InChI=1S/C16H19ClN2O6/c1-5-25-16(20)12-11(17)10(15(18-12)19-21)8-6-7-9(22-2)14(24-4)13(8)23-3/h6-7,10,21H,5H2,1-4H3,(H,18,19). The van der Waals surface area contributed by atoms with Gasteiger partial charge in [0.2, 0.25) is 5.75 Å². The predicted molar refractivity (Wildman–Crippen MR) is 90.7 cm³/mol. The van der Waals surface area contributed by atoms with Crippen LogP contribution in [0.4, 0.5) is 0 Å². The monoisotopic (exact) mass is 370 g/mol. The summed E-state index contributed by atoms with van der Waals surface area (Å²) in [6.07, 6.45) is 0. The number of oxime groups is 1. The average molecular weight is 371 g/mol. The van der Waals surface area contributed by atoms with Crippen LogP contribution in [-0.2, 0) is 9.53 Å². The Morgan fingerprint density at radius 3 is 2.44 bits per heavy atom. The number of amidine groups is 1. The number of ether oxygens (including phenoxy) is 4. The molecule has 0 bridgehead atoms. The van der Waals surface area contributed by atoms with Gasteiger partial charge in [0.15, 0.2) is 17.3 Å². The SMILES string of the molecule is CCOC(=O)C1=C(Cl)C(c2ccc(OC)c(OC)c2OC)C(=NO)N1. The van der Waals surface area contributed by atoms with Gasteiger partial charge in [-0.1, -0.05) is 22.8 Å². The lowest BCUT2D eigenvalue weighted by atomic mass is 9.96. The van der Waals surface area contributed by atoms with Gasteiger partial charge >= 0.3 is 5.97 Å². The van der Waals surface area contributed by atoms with Crippen molar-refractivity contribution < 1.29 is 28.9 Å². The first-order valence-corrected chi connectivity index (χ1v) is 7.76. The van der Waals surface area contributed by atoms with Gasteiger partial charge in [-0.2, -0.15) is 0 Å². The number of hydrogen-bond donors (Lipinski definition) is 2. The van der Waals surface area contributed by atoms with E-state index < -0.39 is 11.9 Å². The Balaban J connectivity index is 2.61. The molecule has 2 N–H and O–H groups in total. The minimum absolute atomic E-state index is 0.0122. The maximum absolute atomic E-state index is 12.0. The second kappa shape index (κ2) is 7.98. The Bertz CT molecular complexity index is 732. The van der Waals surface area contributed by atoms with E-state index >= 15 is 0 Å². The summed E-state index contributed by atoms with van der Waals surface area (Å²) in [6.45, 7) is 1.86. The molecule has 2 rings (SSSR count). The third kappa shape index (κ3) is 3.30. The second-order valence-electron chi connectivity index (χ2n) is 4.91. The van der Waals surface area contributed by atoms with E-state index in [2.05, 4.69) is 10.5 Å². The summed E-state index contributed by atoms with van der Waals surface area (Å²) in [7, 11) is 4.43.